The summed E-state index contributed by atoms with van der Waals surface area (Å²) in [7, 11) is 1.32. The van der Waals surface area contributed by atoms with E-state index in [0.29, 0.717) is 12.3 Å². The van der Waals surface area contributed by atoms with Crippen molar-refractivity contribution in [1.82, 2.24) is 0 Å². The third-order valence-electron chi connectivity index (χ3n) is 2.92. The maximum Gasteiger partial charge on any atom is 0.325 e. The molecule has 0 amide bonds. The van der Waals surface area contributed by atoms with Crippen LogP contribution >= 0.6 is 0 Å². The predicted octanol–water partition coefficient (Wildman–Crippen LogP) is 2.38. The topological polar surface area (TPSA) is 81.9 Å². The number of rotatable bonds is 7. The lowest BCUT2D eigenvalue weighted by atomic mass is 10.2. The zero-order valence-electron chi connectivity index (χ0n) is 12.7. The number of benzene rings is 1. The molecule has 0 saturated heterocycles. The van der Waals surface area contributed by atoms with Crippen molar-refractivity contribution in [3.8, 4) is 5.75 Å². The Balaban J connectivity index is 3.17. The maximum atomic E-state index is 11.5. The molecule has 0 radical (unpaired) electrons. The smallest absolute Gasteiger partial charge is 0.325 e. The highest BCUT2D eigenvalue weighted by Crippen LogP contribution is 2.32. The zero-order chi connectivity index (χ0) is 16.0. The van der Waals surface area contributed by atoms with Crippen LogP contribution < -0.4 is 9.64 Å². The number of carbonyl (C=O) groups excluding carboxylic acids is 1. The summed E-state index contributed by atoms with van der Waals surface area (Å²) in [5.74, 6) is -0.185. The van der Waals surface area contributed by atoms with Crippen LogP contribution in [0.15, 0.2) is 18.2 Å². The van der Waals surface area contributed by atoms with Crippen molar-refractivity contribution in [2.75, 3.05) is 25.2 Å². The lowest BCUT2D eigenvalue weighted by Gasteiger charge is -2.28. The van der Waals surface area contributed by atoms with Crippen LogP contribution in [-0.2, 0) is 9.53 Å². The van der Waals surface area contributed by atoms with Crippen LogP contribution in [0.4, 0.5) is 11.4 Å². The van der Waals surface area contributed by atoms with E-state index in [0.717, 1.165) is 0 Å². The van der Waals surface area contributed by atoms with E-state index in [-0.39, 0.29) is 30.0 Å². The van der Waals surface area contributed by atoms with E-state index < -0.39 is 4.92 Å². The van der Waals surface area contributed by atoms with Gasteiger partial charge in [0, 0.05) is 23.9 Å². The summed E-state index contributed by atoms with van der Waals surface area (Å²) in [4.78, 5) is 23.8. The van der Waals surface area contributed by atoms with Gasteiger partial charge in [0.1, 0.15) is 6.54 Å². The van der Waals surface area contributed by atoms with Crippen LogP contribution in [0.25, 0.3) is 0 Å². The molecule has 0 unspecified atom stereocenters. The first-order valence-corrected chi connectivity index (χ1v) is 6.65. The number of carbonyl (C=O) groups is 1. The molecule has 0 aliphatic rings. The molecule has 1 rings (SSSR count). The van der Waals surface area contributed by atoms with Crippen LogP contribution in [0, 0.1) is 10.1 Å². The Bertz CT molecular complexity index is 516. The highest BCUT2D eigenvalue weighted by atomic mass is 16.6. The second kappa shape index (κ2) is 7.47. The predicted molar refractivity (Wildman–Crippen MR) is 78.8 cm³/mol. The van der Waals surface area contributed by atoms with Crippen LogP contribution in [0.5, 0.6) is 5.75 Å². The van der Waals surface area contributed by atoms with Gasteiger partial charge in [0.25, 0.3) is 0 Å². The van der Waals surface area contributed by atoms with E-state index in [2.05, 4.69) is 4.74 Å². The first-order valence-electron chi connectivity index (χ1n) is 6.65. The van der Waals surface area contributed by atoms with Crippen molar-refractivity contribution in [3.63, 3.8) is 0 Å². The molecule has 1 aromatic rings. The standard InChI is InChI=1S/C14H20N2O5/c1-5-21-13-8-11(6-7-12(13)16(18)19)15(10(2)3)9-14(17)20-4/h6-8,10H,5,9H2,1-4H3. The monoisotopic (exact) mass is 296 g/mol. The van der Waals surface area contributed by atoms with Gasteiger partial charge in [0.05, 0.1) is 18.6 Å². The zero-order valence-corrected chi connectivity index (χ0v) is 12.7. The second-order valence-electron chi connectivity index (χ2n) is 4.64. The van der Waals surface area contributed by atoms with Gasteiger partial charge in [-0.25, -0.2) is 0 Å². The summed E-state index contributed by atoms with van der Waals surface area (Å²) in [5.41, 5.74) is 0.576. The van der Waals surface area contributed by atoms with Crippen molar-refractivity contribution in [2.24, 2.45) is 0 Å². The number of methoxy groups -OCH3 is 1. The number of ether oxygens (including phenoxy) is 2. The summed E-state index contributed by atoms with van der Waals surface area (Å²) in [6.45, 7) is 5.99. The Morgan fingerprint density at radius 1 is 1.43 bits per heavy atom. The third-order valence-corrected chi connectivity index (χ3v) is 2.92. The van der Waals surface area contributed by atoms with Gasteiger partial charge in [0.15, 0.2) is 5.75 Å². The van der Waals surface area contributed by atoms with E-state index in [1.165, 1.54) is 13.2 Å². The third kappa shape index (κ3) is 4.34. The van der Waals surface area contributed by atoms with E-state index >= 15 is 0 Å². The summed E-state index contributed by atoms with van der Waals surface area (Å²) >= 11 is 0. The molecule has 7 heteroatoms. The summed E-state index contributed by atoms with van der Waals surface area (Å²) in [6.07, 6.45) is 0. The number of hydrogen-bond acceptors (Lipinski definition) is 6. The molecule has 0 N–H and O–H groups in total. The number of nitro groups is 1. The minimum absolute atomic E-state index is 0.0278. The average Bonchev–Trinajstić information content (AvgIpc) is 2.44. The Labute approximate surface area is 123 Å². The average molecular weight is 296 g/mol. The molecule has 1 aromatic carbocycles. The van der Waals surface area contributed by atoms with Gasteiger partial charge in [-0.05, 0) is 26.8 Å². The van der Waals surface area contributed by atoms with Gasteiger partial charge in [-0.1, -0.05) is 0 Å². The van der Waals surface area contributed by atoms with Crippen molar-refractivity contribution in [3.05, 3.63) is 28.3 Å². The molecule has 21 heavy (non-hydrogen) atoms. The largest absolute Gasteiger partial charge is 0.487 e. The summed E-state index contributed by atoms with van der Waals surface area (Å²) in [6, 6.07) is 4.58. The highest BCUT2D eigenvalue weighted by molar-refractivity contribution is 5.76. The normalized spacial score (nSPS) is 10.3. The fourth-order valence-corrected chi connectivity index (χ4v) is 1.88. The molecule has 7 nitrogen and oxygen atoms in total. The van der Waals surface area contributed by atoms with Gasteiger partial charge < -0.3 is 14.4 Å². The molecule has 0 aromatic heterocycles. The molecule has 116 valence electrons. The van der Waals surface area contributed by atoms with E-state index in [1.54, 1.807) is 24.0 Å². The van der Waals surface area contributed by atoms with E-state index in [9.17, 15) is 14.9 Å². The summed E-state index contributed by atoms with van der Waals surface area (Å²) in [5, 5.41) is 11.0. The number of nitro benzene ring substituents is 1. The van der Waals surface area contributed by atoms with Gasteiger partial charge in [-0.3, -0.25) is 14.9 Å². The van der Waals surface area contributed by atoms with Crippen LogP contribution in [0.3, 0.4) is 0 Å². The van der Waals surface area contributed by atoms with Crippen molar-refractivity contribution < 1.29 is 19.2 Å². The number of esters is 1. The quantitative estimate of drug-likeness (QED) is 0.436. The molecule has 0 atom stereocenters. The van der Waals surface area contributed by atoms with Crippen LogP contribution in [-0.4, -0.2) is 37.2 Å². The first-order chi connectivity index (χ1) is 9.90. The molecule has 0 aliphatic heterocycles. The maximum absolute atomic E-state index is 11.5. The minimum Gasteiger partial charge on any atom is -0.487 e. The second-order valence-corrected chi connectivity index (χ2v) is 4.64. The van der Waals surface area contributed by atoms with Crippen molar-refractivity contribution in [1.29, 1.82) is 0 Å². The SMILES string of the molecule is CCOc1cc(N(CC(=O)OC)C(C)C)ccc1[N+](=O)[O-]. The molecule has 0 bridgehead atoms. The lowest BCUT2D eigenvalue weighted by molar-refractivity contribution is -0.385. The van der Waals surface area contributed by atoms with E-state index in [4.69, 9.17) is 4.74 Å². The fraction of sp³-hybridized carbons (Fsp3) is 0.500. The van der Waals surface area contributed by atoms with Crippen LogP contribution in [0.1, 0.15) is 20.8 Å². The van der Waals surface area contributed by atoms with Gasteiger partial charge >= 0.3 is 11.7 Å². The Hall–Kier alpha value is -2.31. The first kappa shape index (κ1) is 16.7. The Morgan fingerprint density at radius 2 is 2.10 bits per heavy atom. The van der Waals surface area contributed by atoms with Crippen LogP contribution in [0.2, 0.25) is 0 Å². The van der Waals surface area contributed by atoms with Gasteiger partial charge in [0.2, 0.25) is 0 Å². The highest BCUT2D eigenvalue weighted by Gasteiger charge is 2.20. The summed E-state index contributed by atoms with van der Waals surface area (Å²) < 4.78 is 9.99. The van der Waals surface area contributed by atoms with Gasteiger partial charge in [-0.2, -0.15) is 0 Å². The molecule has 0 aliphatic carbocycles. The molecular formula is C14H20N2O5. The molecule has 0 fully saturated rings. The Morgan fingerprint density at radius 3 is 2.57 bits per heavy atom. The molecule has 0 saturated carbocycles. The fourth-order valence-electron chi connectivity index (χ4n) is 1.88. The van der Waals surface area contributed by atoms with Crippen molar-refractivity contribution >= 4 is 17.3 Å². The van der Waals surface area contributed by atoms with Crippen molar-refractivity contribution in [2.45, 2.75) is 26.8 Å². The molecule has 0 heterocycles. The van der Waals surface area contributed by atoms with E-state index in [1.807, 2.05) is 13.8 Å². The number of anilines is 1. The molecular weight excluding hydrogens is 276 g/mol. The Kier molecular flexibility index (Phi) is 5.95. The number of hydrogen-bond donors (Lipinski definition) is 0. The van der Waals surface area contributed by atoms with Gasteiger partial charge in [-0.15, -0.1) is 0 Å². The lowest BCUT2D eigenvalue weighted by Crippen LogP contribution is -2.36. The number of nitrogens with zero attached hydrogens (tertiary/aromatic N) is 2. The minimum atomic E-state index is -0.491. The molecule has 0 spiro atoms.